The maximum absolute atomic E-state index is 5.75. The SMILES string of the molecule is CC(N)Cc1cc(-c2ccccc2Br)n[nH]1. The molecular formula is C12H14BrN3. The van der Waals surface area contributed by atoms with E-state index in [1.807, 2.05) is 37.3 Å². The fourth-order valence-corrected chi connectivity index (χ4v) is 2.11. The van der Waals surface area contributed by atoms with Crippen LogP contribution in [0.3, 0.4) is 0 Å². The average Bonchev–Trinajstić information content (AvgIpc) is 2.66. The molecule has 1 unspecified atom stereocenters. The van der Waals surface area contributed by atoms with E-state index in [1.165, 1.54) is 0 Å². The van der Waals surface area contributed by atoms with E-state index in [4.69, 9.17) is 5.73 Å². The van der Waals surface area contributed by atoms with Crippen molar-refractivity contribution in [3.63, 3.8) is 0 Å². The molecule has 3 nitrogen and oxygen atoms in total. The standard InChI is InChI=1S/C12H14BrN3/c1-8(14)6-9-7-12(16-15-9)10-4-2-3-5-11(10)13/h2-5,7-8H,6,14H2,1H3,(H,15,16). The summed E-state index contributed by atoms with van der Waals surface area (Å²) in [6, 6.07) is 10.2. The van der Waals surface area contributed by atoms with Crippen LogP contribution in [0, 0.1) is 0 Å². The molecule has 1 aromatic carbocycles. The molecule has 2 rings (SSSR count). The number of aromatic nitrogens is 2. The van der Waals surface area contributed by atoms with E-state index in [9.17, 15) is 0 Å². The first-order chi connectivity index (χ1) is 7.66. The molecule has 2 aromatic rings. The molecule has 0 aliphatic heterocycles. The number of halogens is 1. The highest BCUT2D eigenvalue weighted by Crippen LogP contribution is 2.26. The predicted octanol–water partition coefficient (Wildman–Crippen LogP) is 2.73. The van der Waals surface area contributed by atoms with Crippen molar-refractivity contribution < 1.29 is 0 Å². The maximum atomic E-state index is 5.75. The Hall–Kier alpha value is -1.13. The Kier molecular flexibility index (Phi) is 3.41. The van der Waals surface area contributed by atoms with Gasteiger partial charge in [0.2, 0.25) is 0 Å². The van der Waals surface area contributed by atoms with Gasteiger partial charge in [0, 0.05) is 28.2 Å². The Labute approximate surface area is 103 Å². The predicted molar refractivity (Wildman–Crippen MR) is 69.1 cm³/mol. The van der Waals surface area contributed by atoms with Crippen molar-refractivity contribution in [1.82, 2.24) is 10.2 Å². The van der Waals surface area contributed by atoms with Gasteiger partial charge in [-0.3, -0.25) is 5.10 Å². The van der Waals surface area contributed by atoms with Gasteiger partial charge in [-0.1, -0.05) is 34.1 Å². The summed E-state index contributed by atoms with van der Waals surface area (Å²) in [6.45, 7) is 1.99. The molecule has 84 valence electrons. The number of nitrogens with one attached hydrogen (secondary N) is 1. The highest BCUT2D eigenvalue weighted by atomic mass is 79.9. The normalized spacial score (nSPS) is 12.7. The summed E-state index contributed by atoms with van der Waals surface area (Å²) in [5.41, 5.74) is 8.86. The van der Waals surface area contributed by atoms with Gasteiger partial charge in [0.15, 0.2) is 0 Å². The zero-order valence-corrected chi connectivity index (χ0v) is 10.7. The number of hydrogen-bond acceptors (Lipinski definition) is 2. The number of aromatic amines is 1. The molecule has 16 heavy (non-hydrogen) atoms. The van der Waals surface area contributed by atoms with Crippen LogP contribution in [-0.2, 0) is 6.42 Å². The molecule has 0 aliphatic rings. The molecule has 4 heteroatoms. The molecule has 0 aliphatic carbocycles. The van der Waals surface area contributed by atoms with Gasteiger partial charge >= 0.3 is 0 Å². The fraction of sp³-hybridized carbons (Fsp3) is 0.250. The van der Waals surface area contributed by atoms with Crippen LogP contribution in [0.15, 0.2) is 34.8 Å². The van der Waals surface area contributed by atoms with E-state index in [1.54, 1.807) is 0 Å². The summed E-state index contributed by atoms with van der Waals surface area (Å²) in [5.74, 6) is 0. The van der Waals surface area contributed by atoms with E-state index >= 15 is 0 Å². The number of H-pyrrole nitrogens is 1. The van der Waals surface area contributed by atoms with Crippen molar-refractivity contribution in [3.05, 3.63) is 40.5 Å². The van der Waals surface area contributed by atoms with Crippen LogP contribution in [0.2, 0.25) is 0 Å². The van der Waals surface area contributed by atoms with Crippen LogP contribution in [0.1, 0.15) is 12.6 Å². The third-order valence-corrected chi connectivity index (χ3v) is 3.01. The van der Waals surface area contributed by atoms with Gasteiger partial charge in [0.05, 0.1) is 5.69 Å². The largest absolute Gasteiger partial charge is 0.328 e. The number of benzene rings is 1. The second-order valence-corrected chi connectivity index (χ2v) is 4.79. The van der Waals surface area contributed by atoms with Crippen molar-refractivity contribution in [2.45, 2.75) is 19.4 Å². The number of nitrogens with zero attached hydrogens (tertiary/aromatic N) is 1. The minimum atomic E-state index is 0.146. The molecule has 0 spiro atoms. The highest BCUT2D eigenvalue weighted by Gasteiger charge is 2.07. The van der Waals surface area contributed by atoms with Gasteiger partial charge in [-0.25, -0.2) is 0 Å². The summed E-state index contributed by atoms with van der Waals surface area (Å²) in [5, 5.41) is 7.30. The summed E-state index contributed by atoms with van der Waals surface area (Å²) in [7, 11) is 0. The van der Waals surface area contributed by atoms with E-state index in [2.05, 4.69) is 26.1 Å². The van der Waals surface area contributed by atoms with Crippen molar-refractivity contribution in [2.75, 3.05) is 0 Å². The van der Waals surface area contributed by atoms with Gasteiger partial charge in [-0.15, -0.1) is 0 Å². The Morgan fingerprint density at radius 1 is 1.44 bits per heavy atom. The van der Waals surface area contributed by atoms with Crippen LogP contribution in [0.5, 0.6) is 0 Å². The maximum Gasteiger partial charge on any atom is 0.0934 e. The number of nitrogens with two attached hydrogens (primary N) is 1. The van der Waals surface area contributed by atoms with Crippen LogP contribution in [0.25, 0.3) is 11.3 Å². The van der Waals surface area contributed by atoms with Gasteiger partial charge in [0.1, 0.15) is 0 Å². The van der Waals surface area contributed by atoms with E-state index in [0.29, 0.717) is 0 Å². The third kappa shape index (κ3) is 2.51. The van der Waals surface area contributed by atoms with Gasteiger partial charge in [-0.05, 0) is 19.1 Å². The molecule has 0 saturated carbocycles. The second-order valence-electron chi connectivity index (χ2n) is 3.94. The topological polar surface area (TPSA) is 54.7 Å². The first kappa shape index (κ1) is 11.4. The smallest absolute Gasteiger partial charge is 0.0934 e. The number of rotatable bonds is 3. The van der Waals surface area contributed by atoms with Crippen LogP contribution < -0.4 is 5.73 Å². The molecular weight excluding hydrogens is 266 g/mol. The molecule has 0 saturated heterocycles. The molecule has 0 radical (unpaired) electrons. The third-order valence-electron chi connectivity index (χ3n) is 2.32. The lowest BCUT2D eigenvalue weighted by Crippen LogP contribution is -2.17. The molecule has 3 N–H and O–H groups in total. The second kappa shape index (κ2) is 4.80. The lowest BCUT2D eigenvalue weighted by atomic mass is 10.1. The summed E-state index contributed by atoms with van der Waals surface area (Å²) in [6.07, 6.45) is 0.817. The first-order valence-corrected chi connectivity index (χ1v) is 6.01. The minimum Gasteiger partial charge on any atom is -0.328 e. The van der Waals surface area contributed by atoms with Crippen LogP contribution >= 0.6 is 15.9 Å². The fourth-order valence-electron chi connectivity index (χ4n) is 1.62. The minimum absolute atomic E-state index is 0.146. The van der Waals surface area contributed by atoms with E-state index < -0.39 is 0 Å². The van der Waals surface area contributed by atoms with Gasteiger partial charge in [0.25, 0.3) is 0 Å². The summed E-state index contributed by atoms with van der Waals surface area (Å²) < 4.78 is 1.05. The van der Waals surface area contributed by atoms with E-state index in [-0.39, 0.29) is 6.04 Å². The Morgan fingerprint density at radius 3 is 2.88 bits per heavy atom. The quantitative estimate of drug-likeness (QED) is 0.908. The van der Waals surface area contributed by atoms with Gasteiger partial charge < -0.3 is 5.73 Å². The lowest BCUT2D eigenvalue weighted by Gasteiger charge is -2.00. The van der Waals surface area contributed by atoms with Crippen molar-refractivity contribution >= 4 is 15.9 Å². The lowest BCUT2D eigenvalue weighted by molar-refractivity contribution is 0.719. The molecule has 0 fully saturated rings. The summed E-state index contributed by atoms with van der Waals surface area (Å²) in [4.78, 5) is 0. The van der Waals surface area contributed by atoms with Crippen molar-refractivity contribution in [1.29, 1.82) is 0 Å². The molecule has 1 aromatic heterocycles. The highest BCUT2D eigenvalue weighted by molar-refractivity contribution is 9.10. The van der Waals surface area contributed by atoms with Gasteiger partial charge in [-0.2, -0.15) is 5.10 Å². The van der Waals surface area contributed by atoms with Crippen molar-refractivity contribution in [2.24, 2.45) is 5.73 Å². The molecule has 0 bridgehead atoms. The van der Waals surface area contributed by atoms with E-state index in [0.717, 1.165) is 27.8 Å². The van der Waals surface area contributed by atoms with Crippen LogP contribution in [0.4, 0.5) is 0 Å². The summed E-state index contributed by atoms with van der Waals surface area (Å²) >= 11 is 3.51. The Morgan fingerprint density at radius 2 is 2.19 bits per heavy atom. The monoisotopic (exact) mass is 279 g/mol. The zero-order chi connectivity index (χ0) is 11.5. The van der Waals surface area contributed by atoms with Crippen molar-refractivity contribution in [3.8, 4) is 11.3 Å². The average molecular weight is 280 g/mol. The zero-order valence-electron chi connectivity index (χ0n) is 9.07. The van der Waals surface area contributed by atoms with Crippen LogP contribution in [-0.4, -0.2) is 16.2 Å². The first-order valence-electron chi connectivity index (χ1n) is 5.21. The Balaban J connectivity index is 2.28. The Bertz CT molecular complexity index is 477. The molecule has 0 amide bonds. The number of hydrogen-bond donors (Lipinski definition) is 2. The molecule has 1 atom stereocenters. The molecule has 1 heterocycles.